The zero-order chi connectivity index (χ0) is 18.0. The zero-order valence-electron chi connectivity index (χ0n) is 13.7. The molecule has 7 heteroatoms. The molecule has 2 N–H and O–H groups in total. The molecule has 3 rings (SSSR count). The van der Waals surface area contributed by atoms with E-state index in [1.54, 1.807) is 36.4 Å². The summed E-state index contributed by atoms with van der Waals surface area (Å²) in [6.07, 6.45) is 0. The van der Waals surface area contributed by atoms with E-state index in [2.05, 4.69) is 15.4 Å². The van der Waals surface area contributed by atoms with Gasteiger partial charge in [-0.3, -0.25) is 9.59 Å². The van der Waals surface area contributed by atoms with Crippen molar-refractivity contribution in [2.24, 2.45) is 0 Å². The molecule has 0 bridgehead atoms. The average molecular weight is 356 g/mol. The summed E-state index contributed by atoms with van der Waals surface area (Å²) < 4.78 is 4.67. The van der Waals surface area contributed by atoms with Gasteiger partial charge in [0.1, 0.15) is 0 Å². The second kappa shape index (κ2) is 6.98. The summed E-state index contributed by atoms with van der Waals surface area (Å²) in [7, 11) is 1.30. The van der Waals surface area contributed by atoms with Crippen molar-refractivity contribution in [3.8, 4) is 0 Å². The fraction of sp³-hybridized carbons (Fsp3) is 0.167. The minimum atomic E-state index is -0.473. The van der Waals surface area contributed by atoms with Gasteiger partial charge in [0.05, 0.1) is 23.6 Å². The molecule has 0 aromatic heterocycles. The van der Waals surface area contributed by atoms with Gasteiger partial charge in [-0.15, -0.1) is 11.8 Å². The van der Waals surface area contributed by atoms with Gasteiger partial charge in [-0.2, -0.15) is 0 Å². The highest BCUT2D eigenvalue weighted by Gasteiger charge is 2.23. The minimum absolute atomic E-state index is 0.0826. The first-order valence-electron chi connectivity index (χ1n) is 7.59. The Hall–Kier alpha value is -2.80. The Labute approximate surface area is 148 Å². The molecule has 0 spiro atoms. The van der Waals surface area contributed by atoms with Crippen molar-refractivity contribution in [3.05, 3.63) is 53.6 Å². The highest BCUT2D eigenvalue weighted by Crippen LogP contribution is 2.36. The maximum absolute atomic E-state index is 12.4. The van der Waals surface area contributed by atoms with Gasteiger partial charge in [-0.1, -0.05) is 6.07 Å². The number of hydrogen-bond donors (Lipinski definition) is 2. The monoisotopic (exact) mass is 356 g/mol. The molecular formula is C18H16N2O4S. The number of carbonyl (C=O) groups is 3. The number of esters is 1. The third kappa shape index (κ3) is 3.66. The third-order valence-corrected chi connectivity index (χ3v) is 4.89. The molecule has 1 heterocycles. The van der Waals surface area contributed by atoms with Gasteiger partial charge >= 0.3 is 5.97 Å². The second-order valence-corrected chi connectivity index (χ2v) is 6.87. The van der Waals surface area contributed by atoms with Crippen molar-refractivity contribution in [2.75, 3.05) is 17.7 Å². The molecule has 2 amide bonds. The van der Waals surface area contributed by atoms with E-state index in [0.717, 1.165) is 4.90 Å². The predicted octanol–water partition coefficient (Wildman–Crippen LogP) is 3.16. The molecule has 0 aliphatic carbocycles. The van der Waals surface area contributed by atoms with Crippen LogP contribution in [0.2, 0.25) is 0 Å². The van der Waals surface area contributed by atoms with E-state index in [4.69, 9.17) is 0 Å². The first-order chi connectivity index (χ1) is 12.0. The summed E-state index contributed by atoms with van der Waals surface area (Å²) >= 11 is 1.46. The normalized spacial score (nSPS) is 15.8. The van der Waals surface area contributed by atoms with Gasteiger partial charge in [-0.05, 0) is 43.3 Å². The van der Waals surface area contributed by atoms with Crippen LogP contribution in [0.25, 0.3) is 0 Å². The van der Waals surface area contributed by atoms with Gasteiger partial charge in [-0.25, -0.2) is 4.79 Å². The molecule has 0 saturated carbocycles. The third-order valence-electron chi connectivity index (χ3n) is 3.71. The summed E-state index contributed by atoms with van der Waals surface area (Å²) in [5, 5.41) is 5.38. The SMILES string of the molecule is COC(=O)c1cccc(NC(=O)c2ccc3c(c2)NC(=O)[C@@H](C)S3)c1. The van der Waals surface area contributed by atoms with E-state index in [1.807, 2.05) is 13.0 Å². The average Bonchev–Trinajstić information content (AvgIpc) is 2.61. The Morgan fingerprint density at radius 1 is 1.16 bits per heavy atom. The predicted molar refractivity (Wildman–Crippen MR) is 96.1 cm³/mol. The van der Waals surface area contributed by atoms with Crippen LogP contribution in [0.3, 0.4) is 0 Å². The summed E-state index contributed by atoms with van der Waals surface area (Å²) in [6.45, 7) is 1.83. The molecular weight excluding hydrogens is 340 g/mol. The van der Waals surface area contributed by atoms with Gasteiger partial charge in [0.25, 0.3) is 5.91 Å². The van der Waals surface area contributed by atoms with Crippen molar-refractivity contribution in [1.82, 2.24) is 0 Å². The van der Waals surface area contributed by atoms with Gasteiger partial charge in [0, 0.05) is 16.1 Å². The van der Waals surface area contributed by atoms with Crippen molar-refractivity contribution in [1.29, 1.82) is 0 Å². The lowest BCUT2D eigenvalue weighted by Crippen LogP contribution is -2.26. The molecule has 1 atom stereocenters. The van der Waals surface area contributed by atoms with E-state index in [-0.39, 0.29) is 17.1 Å². The van der Waals surface area contributed by atoms with Crippen LogP contribution >= 0.6 is 11.8 Å². The Kier molecular flexibility index (Phi) is 4.76. The van der Waals surface area contributed by atoms with E-state index in [9.17, 15) is 14.4 Å². The number of anilines is 2. The lowest BCUT2D eigenvalue weighted by Gasteiger charge is -2.21. The van der Waals surface area contributed by atoms with Crippen LogP contribution in [-0.4, -0.2) is 30.1 Å². The maximum Gasteiger partial charge on any atom is 0.337 e. The first-order valence-corrected chi connectivity index (χ1v) is 8.47. The standard InChI is InChI=1S/C18H16N2O4S/c1-10-16(21)20-14-9-11(6-7-15(14)25-10)17(22)19-13-5-3-4-12(8-13)18(23)24-2/h3-10H,1-2H3,(H,19,22)(H,20,21)/t10-/m1/s1. The van der Waals surface area contributed by atoms with Crippen LogP contribution in [0.5, 0.6) is 0 Å². The van der Waals surface area contributed by atoms with Crippen LogP contribution < -0.4 is 10.6 Å². The molecule has 0 unspecified atom stereocenters. The molecule has 0 fully saturated rings. The van der Waals surface area contributed by atoms with Crippen LogP contribution in [0.4, 0.5) is 11.4 Å². The molecule has 6 nitrogen and oxygen atoms in total. The molecule has 0 saturated heterocycles. The van der Waals surface area contributed by atoms with Crippen molar-refractivity contribution in [2.45, 2.75) is 17.1 Å². The topological polar surface area (TPSA) is 84.5 Å². The fourth-order valence-corrected chi connectivity index (χ4v) is 3.33. The number of methoxy groups -OCH3 is 1. The van der Waals surface area contributed by atoms with E-state index < -0.39 is 5.97 Å². The Balaban J connectivity index is 1.79. The molecule has 2 aromatic rings. The fourth-order valence-electron chi connectivity index (χ4n) is 2.40. The summed E-state index contributed by atoms with van der Waals surface area (Å²) in [4.78, 5) is 36.7. The Morgan fingerprint density at radius 2 is 1.96 bits per heavy atom. The molecule has 25 heavy (non-hydrogen) atoms. The maximum atomic E-state index is 12.4. The number of hydrogen-bond acceptors (Lipinski definition) is 5. The number of rotatable bonds is 3. The van der Waals surface area contributed by atoms with Crippen molar-refractivity contribution in [3.63, 3.8) is 0 Å². The number of ether oxygens (including phenoxy) is 1. The van der Waals surface area contributed by atoms with E-state index >= 15 is 0 Å². The number of nitrogens with one attached hydrogen (secondary N) is 2. The zero-order valence-corrected chi connectivity index (χ0v) is 14.5. The van der Waals surface area contributed by atoms with Crippen LogP contribution in [-0.2, 0) is 9.53 Å². The Bertz CT molecular complexity index is 866. The number of amides is 2. The lowest BCUT2D eigenvalue weighted by atomic mass is 10.1. The van der Waals surface area contributed by atoms with Crippen LogP contribution in [0.15, 0.2) is 47.4 Å². The number of carbonyl (C=O) groups excluding carboxylic acids is 3. The highest BCUT2D eigenvalue weighted by molar-refractivity contribution is 8.00. The second-order valence-electron chi connectivity index (χ2n) is 5.49. The molecule has 1 aliphatic heterocycles. The molecule has 1 aliphatic rings. The smallest absolute Gasteiger partial charge is 0.337 e. The van der Waals surface area contributed by atoms with Gasteiger partial charge in [0.2, 0.25) is 5.91 Å². The Morgan fingerprint density at radius 3 is 2.72 bits per heavy atom. The number of thioether (sulfide) groups is 1. The van der Waals surface area contributed by atoms with Crippen LogP contribution in [0.1, 0.15) is 27.6 Å². The lowest BCUT2D eigenvalue weighted by molar-refractivity contribution is -0.115. The van der Waals surface area contributed by atoms with Crippen molar-refractivity contribution < 1.29 is 19.1 Å². The molecule has 128 valence electrons. The number of fused-ring (bicyclic) bond motifs is 1. The van der Waals surface area contributed by atoms with Crippen molar-refractivity contribution >= 4 is 40.9 Å². The summed E-state index contributed by atoms with van der Waals surface area (Å²) in [6, 6.07) is 11.7. The number of benzene rings is 2. The van der Waals surface area contributed by atoms with Gasteiger partial charge in [0.15, 0.2) is 0 Å². The van der Waals surface area contributed by atoms with Gasteiger partial charge < -0.3 is 15.4 Å². The van der Waals surface area contributed by atoms with Crippen LogP contribution in [0, 0.1) is 0 Å². The first kappa shape index (κ1) is 17.0. The minimum Gasteiger partial charge on any atom is -0.465 e. The highest BCUT2D eigenvalue weighted by atomic mass is 32.2. The van der Waals surface area contributed by atoms with E-state index in [0.29, 0.717) is 22.5 Å². The molecule has 2 aromatic carbocycles. The largest absolute Gasteiger partial charge is 0.465 e. The summed E-state index contributed by atoms with van der Waals surface area (Å²) in [5.74, 6) is -0.887. The molecule has 0 radical (unpaired) electrons. The van der Waals surface area contributed by atoms with E-state index in [1.165, 1.54) is 18.9 Å². The summed E-state index contributed by atoms with van der Waals surface area (Å²) in [5.41, 5.74) is 1.88. The quantitative estimate of drug-likeness (QED) is 0.825.